The third-order valence-corrected chi connectivity index (χ3v) is 3.51. The summed E-state index contributed by atoms with van der Waals surface area (Å²) in [5, 5.41) is 9.25. The van der Waals surface area contributed by atoms with Gasteiger partial charge in [0, 0.05) is 6.54 Å². The number of nitrogens with zero attached hydrogens (tertiary/aromatic N) is 1. The number of carboxylic acid groups (broad SMARTS) is 1. The topological polar surface area (TPSA) is 49.8 Å². The van der Waals surface area contributed by atoms with Crippen molar-refractivity contribution in [2.45, 2.75) is 52.2 Å². The van der Waals surface area contributed by atoms with Gasteiger partial charge in [-0.1, -0.05) is 13.3 Å². The number of ether oxygens (including phenoxy) is 1. The minimum atomic E-state index is -0.687. The van der Waals surface area contributed by atoms with Gasteiger partial charge in [0.1, 0.15) is 6.04 Å². The number of likely N-dealkylation sites (tertiary alicyclic amines) is 1. The van der Waals surface area contributed by atoms with E-state index in [4.69, 9.17) is 4.74 Å². The molecular formula is C13H25NO3. The van der Waals surface area contributed by atoms with Crippen LogP contribution >= 0.6 is 0 Å². The van der Waals surface area contributed by atoms with Crippen molar-refractivity contribution < 1.29 is 14.6 Å². The van der Waals surface area contributed by atoms with Crippen LogP contribution in [-0.4, -0.2) is 47.8 Å². The van der Waals surface area contributed by atoms with Crippen LogP contribution in [0.2, 0.25) is 0 Å². The zero-order valence-corrected chi connectivity index (χ0v) is 11.2. The number of piperidine rings is 1. The van der Waals surface area contributed by atoms with E-state index in [9.17, 15) is 9.90 Å². The molecule has 0 aromatic rings. The summed E-state index contributed by atoms with van der Waals surface area (Å²) in [6.45, 7) is 8.37. The predicted molar refractivity (Wildman–Crippen MR) is 67.1 cm³/mol. The van der Waals surface area contributed by atoms with Crippen LogP contribution < -0.4 is 0 Å². The van der Waals surface area contributed by atoms with E-state index in [2.05, 4.69) is 11.8 Å². The molecule has 1 fully saturated rings. The molecule has 1 saturated heterocycles. The molecule has 1 aliphatic rings. The van der Waals surface area contributed by atoms with Crippen LogP contribution in [0.25, 0.3) is 0 Å². The normalized spacial score (nSPS) is 26.4. The minimum absolute atomic E-state index is 0.214. The van der Waals surface area contributed by atoms with Gasteiger partial charge in [-0.3, -0.25) is 9.69 Å². The maximum Gasteiger partial charge on any atom is 0.320 e. The summed E-state index contributed by atoms with van der Waals surface area (Å²) in [5.74, 6) is -0.119. The second-order valence-corrected chi connectivity index (χ2v) is 5.11. The van der Waals surface area contributed by atoms with Crippen LogP contribution in [0.1, 0.15) is 40.0 Å². The molecule has 0 aromatic heterocycles. The van der Waals surface area contributed by atoms with Gasteiger partial charge in [0.15, 0.2) is 0 Å². The molecule has 4 heteroatoms. The van der Waals surface area contributed by atoms with E-state index in [1.165, 1.54) is 0 Å². The summed E-state index contributed by atoms with van der Waals surface area (Å²) in [7, 11) is 0. The molecule has 100 valence electrons. The number of aliphatic carboxylic acids is 1. The zero-order chi connectivity index (χ0) is 12.8. The largest absolute Gasteiger partial charge is 0.480 e. The first-order valence-corrected chi connectivity index (χ1v) is 6.63. The molecule has 2 atom stereocenters. The third kappa shape index (κ3) is 4.64. The molecule has 1 rings (SSSR count). The minimum Gasteiger partial charge on any atom is -0.480 e. The first-order chi connectivity index (χ1) is 8.04. The average molecular weight is 243 g/mol. The smallest absolute Gasteiger partial charge is 0.320 e. The maximum atomic E-state index is 11.2. The lowest BCUT2D eigenvalue weighted by atomic mass is 9.89. The molecule has 0 aliphatic carbocycles. The fourth-order valence-corrected chi connectivity index (χ4v) is 2.39. The number of hydrogen-bond donors (Lipinski definition) is 1. The number of carboxylic acids is 1. The molecule has 1 heterocycles. The molecule has 4 nitrogen and oxygen atoms in total. The molecule has 0 bridgehead atoms. The lowest BCUT2D eigenvalue weighted by Crippen LogP contribution is -2.48. The van der Waals surface area contributed by atoms with Crippen molar-refractivity contribution >= 4 is 5.97 Å². The second kappa shape index (κ2) is 6.97. The summed E-state index contributed by atoms with van der Waals surface area (Å²) in [6, 6.07) is -0.315. The molecular weight excluding hydrogens is 218 g/mol. The standard InChI is InChI=1S/C13H25NO3/c1-4-11-5-6-14(7-8-17-10(2)3)12(9-11)13(15)16/h10-12H,4-9H2,1-3H3,(H,15,16). The van der Waals surface area contributed by atoms with Gasteiger partial charge in [-0.15, -0.1) is 0 Å². The second-order valence-electron chi connectivity index (χ2n) is 5.11. The first-order valence-electron chi connectivity index (χ1n) is 6.63. The van der Waals surface area contributed by atoms with E-state index >= 15 is 0 Å². The zero-order valence-electron chi connectivity index (χ0n) is 11.2. The Balaban J connectivity index is 2.43. The summed E-state index contributed by atoms with van der Waals surface area (Å²) in [5.41, 5.74) is 0. The van der Waals surface area contributed by atoms with E-state index in [0.29, 0.717) is 12.5 Å². The Hall–Kier alpha value is -0.610. The Labute approximate surface area is 104 Å². The SMILES string of the molecule is CCC1CCN(CCOC(C)C)C(C(=O)O)C1. The van der Waals surface area contributed by atoms with Crippen LogP contribution in [0.15, 0.2) is 0 Å². The van der Waals surface area contributed by atoms with Crippen molar-refractivity contribution in [3.05, 3.63) is 0 Å². The fourth-order valence-electron chi connectivity index (χ4n) is 2.39. The highest BCUT2D eigenvalue weighted by Crippen LogP contribution is 2.25. The molecule has 0 radical (unpaired) electrons. The predicted octanol–water partition coefficient (Wildman–Crippen LogP) is 1.99. The Bertz CT molecular complexity index is 243. The molecule has 0 amide bonds. The van der Waals surface area contributed by atoms with E-state index in [1.54, 1.807) is 0 Å². The van der Waals surface area contributed by atoms with Gasteiger partial charge in [0.25, 0.3) is 0 Å². The van der Waals surface area contributed by atoms with Crippen molar-refractivity contribution in [2.75, 3.05) is 19.7 Å². The average Bonchev–Trinajstić information content (AvgIpc) is 2.28. The van der Waals surface area contributed by atoms with Gasteiger partial charge in [0.05, 0.1) is 12.7 Å². The Morgan fingerprint density at radius 3 is 2.76 bits per heavy atom. The van der Waals surface area contributed by atoms with Crippen molar-refractivity contribution in [2.24, 2.45) is 5.92 Å². The lowest BCUT2D eigenvalue weighted by molar-refractivity contribution is -0.145. The van der Waals surface area contributed by atoms with Crippen LogP contribution in [-0.2, 0) is 9.53 Å². The van der Waals surface area contributed by atoms with Crippen LogP contribution in [0.4, 0.5) is 0 Å². The fraction of sp³-hybridized carbons (Fsp3) is 0.923. The van der Waals surface area contributed by atoms with Gasteiger partial charge in [-0.2, -0.15) is 0 Å². The summed E-state index contributed by atoms with van der Waals surface area (Å²) in [4.78, 5) is 13.3. The number of hydrogen-bond acceptors (Lipinski definition) is 3. The van der Waals surface area contributed by atoms with Crippen LogP contribution in [0.5, 0.6) is 0 Å². The van der Waals surface area contributed by atoms with Crippen molar-refractivity contribution in [1.29, 1.82) is 0 Å². The lowest BCUT2D eigenvalue weighted by Gasteiger charge is -2.36. The summed E-state index contributed by atoms with van der Waals surface area (Å²) in [6.07, 6.45) is 3.20. The van der Waals surface area contributed by atoms with Gasteiger partial charge in [-0.25, -0.2) is 0 Å². The number of rotatable bonds is 6. The first kappa shape index (κ1) is 14.5. The molecule has 0 spiro atoms. The van der Waals surface area contributed by atoms with Crippen molar-refractivity contribution in [1.82, 2.24) is 4.90 Å². The summed E-state index contributed by atoms with van der Waals surface area (Å²) < 4.78 is 5.49. The van der Waals surface area contributed by atoms with Gasteiger partial charge >= 0.3 is 5.97 Å². The number of carbonyl (C=O) groups is 1. The Kier molecular flexibility index (Phi) is 5.92. The van der Waals surface area contributed by atoms with Gasteiger partial charge in [-0.05, 0) is 39.2 Å². The van der Waals surface area contributed by atoms with Crippen LogP contribution in [0.3, 0.4) is 0 Å². The summed E-state index contributed by atoms with van der Waals surface area (Å²) >= 11 is 0. The molecule has 1 aliphatic heterocycles. The monoisotopic (exact) mass is 243 g/mol. The molecule has 0 saturated carbocycles. The molecule has 17 heavy (non-hydrogen) atoms. The molecule has 2 unspecified atom stereocenters. The van der Waals surface area contributed by atoms with E-state index in [-0.39, 0.29) is 12.1 Å². The highest BCUT2D eigenvalue weighted by molar-refractivity contribution is 5.73. The van der Waals surface area contributed by atoms with E-state index in [1.807, 2.05) is 13.8 Å². The van der Waals surface area contributed by atoms with Crippen molar-refractivity contribution in [3.8, 4) is 0 Å². The highest BCUT2D eigenvalue weighted by atomic mass is 16.5. The third-order valence-electron chi connectivity index (χ3n) is 3.51. The van der Waals surface area contributed by atoms with E-state index < -0.39 is 5.97 Å². The Morgan fingerprint density at radius 1 is 1.53 bits per heavy atom. The Morgan fingerprint density at radius 2 is 2.24 bits per heavy atom. The highest BCUT2D eigenvalue weighted by Gasteiger charge is 2.32. The van der Waals surface area contributed by atoms with Crippen molar-refractivity contribution in [3.63, 3.8) is 0 Å². The molecule has 1 N–H and O–H groups in total. The van der Waals surface area contributed by atoms with Crippen LogP contribution in [0, 0.1) is 5.92 Å². The molecule has 0 aromatic carbocycles. The van der Waals surface area contributed by atoms with Gasteiger partial charge < -0.3 is 9.84 Å². The quantitative estimate of drug-likeness (QED) is 0.775. The van der Waals surface area contributed by atoms with E-state index in [0.717, 1.165) is 32.4 Å². The van der Waals surface area contributed by atoms with Gasteiger partial charge in [0.2, 0.25) is 0 Å². The maximum absolute atomic E-state index is 11.2.